The first-order valence-electron chi connectivity index (χ1n) is 10.2. The molecule has 0 fully saturated rings. The average molecular weight is 449 g/mol. The number of ether oxygens (including phenoxy) is 3. The molecule has 0 unspecified atom stereocenters. The van der Waals surface area contributed by atoms with E-state index in [4.69, 9.17) is 14.2 Å². The lowest BCUT2D eigenvalue weighted by molar-refractivity contribution is -0.147. The van der Waals surface area contributed by atoms with E-state index in [9.17, 15) is 9.59 Å². The minimum absolute atomic E-state index is 0.157. The molecule has 3 aromatic carbocycles. The van der Waals surface area contributed by atoms with Gasteiger partial charge in [0.25, 0.3) is 5.91 Å². The molecule has 0 aliphatic carbocycles. The smallest absolute Gasteiger partial charge is 0.308 e. The summed E-state index contributed by atoms with van der Waals surface area (Å²) in [5.41, 5.74) is 2.67. The summed E-state index contributed by atoms with van der Waals surface area (Å²) in [7, 11) is 0. The molecule has 0 spiro atoms. The van der Waals surface area contributed by atoms with Gasteiger partial charge in [0.15, 0.2) is 18.1 Å². The van der Waals surface area contributed by atoms with Crippen molar-refractivity contribution in [3.05, 3.63) is 66.7 Å². The number of benzene rings is 3. The van der Waals surface area contributed by atoms with E-state index >= 15 is 0 Å². The van der Waals surface area contributed by atoms with Gasteiger partial charge in [-0.25, -0.2) is 0 Å². The first-order valence-corrected chi connectivity index (χ1v) is 11.0. The lowest BCUT2D eigenvalue weighted by Gasteiger charge is -2.32. The standard InChI is InChI=1S/C24H20N2O5S/c27-23(25-16-9-10-19-20(13-16)31-15-30-19)14-29-24(28)11-12-26-17-5-1-3-7-21(17)32-22-8-4-2-6-18(22)26/h1-10,13H,11-12,14-15H2,(H,25,27). The molecule has 0 bridgehead atoms. The Hall–Kier alpha value is -3.65. The maximum Gasteiger partial charge on any atom is 0.308 e. The molecule has 7 nitrogen and oxygen atoms in total. The molecule has 0 aromatic heterocycles. The average Bonchev–Trinajstić information content (AvgIpc) is 3.28. The van der Waals surface area contributed by atoms with Crippen molar-refractivity contribution in [2.24, 2.45) is 0 Å². The zero-order chi connectivity index (χ0) is 21.9. The van der Waals surface area contributed by atoms with Gasteiger partial charge in [-0.1, -0.05) is 36.0 Å². The Morgan fingerprint density at radius 1 is 0.938 bits per heavy atom. The fraction of sp³-hybridized carbons (Fsp3) is 0.167. The van der Waals surface area contributed by atoms with E-state index in [1.54, 1.807) is 30.0 Å². The number of para-hydroxylation sites is 2. The van der Waals surface area contributed by atoms with Crippen molar-refractivity contribution in [2.45, 2.75) is 16.2 Å². The number of nitrogens with zero attached hydrogens (tertiary/aromatic N) is 1. The summed E-state index contributed by atoms with van der Waals surface area (Å²) < 4.78 is 15.7. The summed E-state index contributed by atoms with van der Waals surface area (Å²) in [5.74, 6) is 0.357. The number of carbonyl (C=O) groups is 2. The van der Waals surface area contributed by atoms with Crippen LogP contribution in [0.4, 0.5) is 17.1 Å². The molecular weight excluding hydrogens is 428 g/mol. The number of hydrogen-bond donors (Lipinski definition) is 1. The number of anilines is 3. The Balaban J connectivity index is 1.17. The summed E-state index contributed by atoms with van der Waals surface area (Å²) in [5, 5.41) is 2.69. The minimum atomic E-state index is -0.431. The Labute approximate surface area is 189 Å². The van der Waals surface area contributed by atoms with Crippen LogP contribution in [0, 0.1) is 0 Å². The van der Waals surface area contributed by atoms with Gasteiger partial charge in [-0.05, 0) is 36.4 Å². The van der Waals surface area contributed by atoms with E-state index in [1.165, 1.54) is 0 Å². The third-order valence-electron chi connectivity index (χ3n) is 5.09. The molecule has 2 heterocycles. The fourth-order valence-corrected chi connectivity index (χ4v) is 4.71. The van der Waals surface area contributed by atoms with Gasteiger partial charge in [-0.2, -0.15) is 0 Å². The SMILES string of the molecule is O=C(COC(=O)CCN1c2ccccc2Sc2ccccc21)Nc1ccc2c(c1)OCO2. The van der Waals surface area contributed by atoms with Crippen LogP contribution >= 0.6 is 11.8 Å². The Kier molecular flexibility index (Phi) is 5.60. The molecule has 8 heteroatoms. The molecule has 0 saturated heterocycles. The number of hydrogen-bond acceptors (Lipinski definition) is 7. The van der Waals surface area contributed by atoms with E-state index in [0.29, 0.717) is 23.7 Å². The predicted octanol–water partition coefficient (Wildman–Crippen LogP) is 4.59. The second-order valence-corrected chi connectivity index (χ2v) is 8.30. The minimum Gasteiger partial charge on any atom is -0.456 e. The molecule has 1 amide bonds. The first-order chi connectivity index (χ1) is 15.7. The molecule has 2 aliphatic rings. The predicted molar refractivity (Wildman–Crippen MR) is 121 cm³/mol. The Bertz CT molecular complexity index is 1140. The summed E-state index contributed by atoms with van der Waals surface area (Å²) in [6, 6.07) is 21.3. The highest BCUT2D eigenvalue weighted by molar-refractivity contribution is 7.99. The van der Waals surface area contributed by atoms with E-state index in [-0.39, 0.29) is 19.8 Å². The van der Waals surface area contributed by atoms with Crippen LogP contribution in [0.15, 0.2) is 76.5 Å². The summed E-state index contributed by atoms with van der Waals surface area (Å²) in [4.78, 5) is 28.9. The zero-order valence-electron chi connectivity index (χ0n) is 17.1. The van der Waals surface area contributed by atoms with E-state index in [0.717, 1.165) is 21.2 Å². The number of rotatable bonds is 6. The summed E-state index contributed by atoms with van der Waals surface area (Å²) in [6.07, 6.45) is 0.157. The Morgan fingerprint density at radius 2 is 1.62 bits per heavy atom. The van der Waals surface area contributed by atoms with Gasteiger partial charge < -0.3 is 24.4 Å². The van der Waals surface area contributed by atoms with Crippen molar-refractivity contribution in [1.82, 2.24) is 0 Å². The van der Waals surface area contributed by atoms with Crippen LogP contribution in [0.5, 0.6) is 11.5 Å². The van der Waals surface area contributed by atoms with E-state index < -0.39 is 11.9 Å². The number of fused-ring (bicyclic) bond motifs is 3. The largest absolute Gasteiger partial charge is 0.456 e. The van der Waals surface area contributed by atoms with Crippen molar-refractivity contribution in [3.8, 4) is 11.5 Å². The van der Waals surface area contributed by atoms with Crippen molar-refractivity contribution in [2.75, 3.05) is 30.2 Å². The quantitative estimate of drug-likeness (QED) is 0.553. The van der Waals surface area contributed by atoms with Crippen molar-refractivity contribution in [1.29, 1.82) is 0 Å². The normalized spacial score (nSPS) is 13.2. The van der Waals surface area contributed by atoms with E-state index in [1.807, 2.05) is 36.4 Å². The second kappa shape index (κ2) is 8.84. The molecule has 0 atom stereocenters. The van der Waals surface area contributed by atoms with Gasteiger partial charge in [0.05, 0.1) is 17.8 Å². The molecule has 32 heavy (non-hydrogen) atoms. The molecule has 0 radical (unpaired) electrons. The topological polar surface area (TPSA) is 77.1 Å². The van der Waals surface area contributed by atoms with Crippen molar-refractivity contribution in [3.63, 3.8) is 0 Å². The monoisotopic (exact) mass is 448 g/mol. The van der Waals surface area contributed by atoms with Gasteiger partial charge in [0.2, 0.25) is 6.79 Å². The summed E-state index contributed by atoms with van der Waals surface area (Å²) >= 11 is 1.72. The number of carbonyl (C=O) groups excluding carboxylic acids is 2. The van der Waals surface area contributed by atoms with Crippen LogP contribution in [-0.2, 0) is 14.3 Å². The van der Waals surface area contributed by atoms with Crippen LogP contribution in [0.1, 0.15) is 6.42 Å². The Morgan fingerprint density at radius 3 is 2.38 bits per heavy atom. The maximum absolute atomic E-state index is 12.3. The van der Waals surface area contributed by atoms with Gasteiger partial charge >= 0.3 is 5.97 Å². The molecule has 2 aliphatic heterocycles. The van der Waals surface area contributed by atoms with Gasteiger partial charge in [-0.15, -0.1) is 0 Å². The van der Waals surface area contributed by atoms with Gasteiger partial charge in [0, 0.05) is 28.1 Å². The lowest BCUT2D eigenvalue weighted by Crippen LogP contribution is -2.26. The molecule has 5 rings (SSSR count). The maximum atomic E-state index is 12.3. The van der Waals surface area contributed by atoms with Crippen LogP contribution < -0.4 is 19.7 Å². The van der Waals surface area contributed by atoms with Crippen LogP contribution in [0.25, 0.3) is 0 Å². The highest BCUT2D eigenvalue weighted by atomic mass is 32.2. The molecule has 1 N–H and O–H groups in total. The van der Waals surface area contributed by atoms with Crippen LogP contribution in [0.2, 0.25) is 0 Å². The zero-order valence-corrected chi connectivity index (χ0v) is 17.9. The number of nitrogens with one attached hydrogen (secondary N) is 1. The summed E-state index contributed by atoms with van der Waals surface area (Å²) in [6.45, 7) is 0.266. The molecular formula is C24H20N2O5S. The fourth-order valence-electron chi connectivity index (χ4n) is 3.61. The molecule has 0 saturated carbocycles. The first kappa shape index (κ1) is 20.3. The van der Waals surface area contributed by atoms with Crippen molar-refractivity contribution >= 4 is 40.7 Å². The van der Waals surface area contributed by atoms with Gasteiger partial charge in [0.1, 0.15) is 0 Å². The molecule has 3 aromatic rings. The number of esters is 1. The molecule has 162 valence electrons. The second-order valence-electron chi connectivity index (χ2n) is 7.22. The van der Waals surface area contributed by atoms with Crippen LogP contribution in [0.3, 0.4) is 0 Å². The highest BCUT2D eigenvalue weighted by Crippen LogP contribution is 2.47. The van der Waals surface area contributed by atoms with Gasteiger partial charge in [-0.3, -0.25) is 9.59 Å². The third-order valence-corrected chi connectivity index (χ3v) is 6.22. The van der Waals surface area contributed by atoms with E-state index in [2.05, 4.69) is 22.3 Å². The third kappa shape index (κ3) is 4.22. The van der Waals surface area contributed by atoms with Crippen LogP contribution in [-0.4, -0.2) is 31.8 Å². The van der Waals surface area contributed by atoms with Crippen molar-refractivity contribution < 1.29 is 23.8 Å². The lowest BCUT2D eigenvalue weighted by atomic mass is 10.2. The highest BCUT2D eigenvalue weighted by Gasteiger charge is 2.23. The number of amides is 1.